The van der Waals surface area contributed by atoms with Gasteiger partial charge in [-0.05, 0) is 43.9 Å². The Morgan fingerprint density at radius 3 is 2.71 bits per heavy atom. The fourth-order valence-electron chi connectivity index (χ4n) is 4.58. The molecule has 0 amide bonds. The number of rotatable bonds is 11. The van der Waals surface area contributed by atoms with Crippen LogP contribution >= 0.6 is 11.3 Å². The summed E-state index contributed by atoms with van der Waals surface area (Å²) in [6.07, 6.45) is 4.18. The first-order valence-electron chi connectivity index (χ1n) is 12.0. The van der Waals surface area contributed by atoms with E-state index in [4.69, 9.17) is 24.0 Å². The second-order valence-electron chi connectivity index (χ2n) is 8.44. The summed E-state index contributed by atoms with van der Waals surface area (Å²) in [6.45, 7) is 7.60. The van der Waals surface area contributed by atoms with Crippen LogP contribution in [0.4, 0.5) is 5.69 Å². The summed E-state index contributed by atoms with van der Waals surface area (Å²) in [4.78, 5) is 3.47. The number of aromatic hydroxyl groups is 1. The second-order valence-corrected chi connectivity index (χ2v) is 9.30. The van der Waals surface area contributed by atoms with Crippen molar-refractivity contribution in [1.82, 2.24) is 9.61 Å². The molecule has 186 valence electrons. The minimum absolute atomic E-state index is 0.133. The molecule has 1 saturated heterocycles. The van der Waals surface area contributed by atoms with Crippen LogP contribution in [0.2, 0.25) is 0 Å². The van der Waals surface area contributed by atoms with Crippen LogP contribution in [0.5, 0.6) is 17.4 Å². The number of ether oxygens (including phenoxy) is 4. The molecule has 1 aliphatic heterocycles. The third-order valence-corrected chi connectivity index (χ3v) is 7.11. The molecule has 1 N–H and O–H groups in total. The van der Waals surface area contributed by atoms with Crippen LogP contribution in [0.25, 0.3) is 16.1 Å². The van der Waals surface area contributed by atoms with E-state index < -0.39 is 0 Å². The first-order valence-corrected chi connectivity index (χ1v) is 12.9. The van der Waals surface area contributed by atoms with Gasteiger partial charge in [0.1, 0.15) is 22.0 Å². The molecule has 4 rings (SSSR count). The van der Waals surface area contributed by atoms with Gasteiger partial charge in [0.05, 0.1) is 31.6 Å². The first kappa shape index (κ1) is 24.6. The Hall–Kier alpha value is -2.49. The maximum atomic E-state index is 10.9. The van der Waals surface area contributed by atoms with Crippen LogP contribution < -0.4 is 14.4 Å². The van der Waals surface area contributed by atoms with Crippen LogP contribution in [0.15, 0.2) is 17.5 Å². The summed E-state index contributed by atoms with van der Waals surface area (Å²) >= 11 is 1.61. The second kappa shape index (κ2) is 11.3. The number of hydrogen-bond donors (Lipinski definition) is 1. The normalized spacial score (nSPS) is 14.6. The standard InChI is InChI=1S/C25H35N3O5S/c1-5-7-10-27(18-8-11-32-12-9-18)23-24(33-6-2)26-28-19(16-34-25(23)28)22-20(29)13-17(15-30-3)14-21(22)31-4/h13-14,16,18,29H,5-12,15H2,1-4H3. The molecule has 2 aromatic heterocycles. The van der Waals surface area contributed by atoms with E-state index in [1.54, 1.807) is 31.6 Å². The smallest absolute Gasteiger partial charge is 0.258 e. The Bertz CT molecular complexity index is 1090. The van der Waals surface area contributed by atoms with Gasteiger partial charge in [0.15, 0.2) is 0 Å². The van der Waals surface area contributed by atoms with Gasteiger partial charge in [0, 0.05) is 38.3 Å². The van der Waals surface area contributed by atoms with Crippen molar-refractivity contribution in [2.75, 3.05) is 45.5 Å². The van der Waals surface area contributed by atoms with Crippen molar-refractivity contribution in [1.29, 1.82) is 0 Å². The van der Waals surface area contributed by atoms with Crippen LogP contribution in [-0.4, -0.2) is 61.3 Å². The van der Waals surface area contributed by atoms with Crippen LogP contribution in [-0.2, 0) is 16.1 Å². The molecular formula is C25H35N3O5S. The number of anilines is 1. The minimum atomic E-state index is 0.133. The molecule has 0 bridgehead atoms. The minimum Gasteiger partial charge on any atom is -0.507 e. The van der Waals surface area contributed by atoms with Gasteiger partial charge in [-0.3, -0.25) is 0 Å². The fraction of sp³-hybridized carbons (Fsp3) is 0.560. The van der Waals surface area contributed by atoms with Gasteiger partial charge >= 0.3 is 0 Å². The van der Waals surface area contributed by atoms with E-state index >= 15 is 0 Å². The number of fused-ring (bicyclic) bond motifs is 1. The predicted molar refractivity (Wildman–Crippen MR) is 135 cm³/mol. The van der Waals surface area contributed by atoms with Crippen molar-refractivity contribution < 1.29 is 24.1 Å². The lowest BCUT2D eigenvalue weighted by molar-refractivity contribution is 0.0843. The molecular weight excluding hydrogens is 454 g/mol. The lowest BCUT2D eigenvalue weighted by atomic mass is 10.1. The number of phenols is 1. The molecule has 0 aliphatic carbocycles. The summed E-state index contributed by atoms with van der Waals surface area (Å²) in [5, 5.41) is 17.8. The molecule has 0 atom stereocenters. The Labute approximate surface area is 205 Å². The number of nitrogens with zero attached hydrogens (tertiary/aromatic N) is 3. The Kier molecular flexibility index (Phi) is 8.18. The molecule has 1 fully saturated rings. The van der Waals surface area contributed by atoms with Crippen LogP contribution in [0.1, 0.15) is 45.1 Å². The summed E-state index contributed by atoms with van der Waals surface area (Å²) in [5.41, 5.74) is 3.26. The Morgan fingerprint density at radius 2 is 2.03 bits per heavy atom. The number of hydrogen-bond acceptors (Lipinski definition) is 8. The van der Waals surface area contributed by atoms with Crippen molar-refractivity contribution in [2.24, 2.45) is 0 Å². The quantitative estimate of drug-likeness (QED) is 0.401. The predicted octanol–water partition coefficient (Wildman–Crippen LogP) is 5.11. The van der Waals surface area contributed by atoms with Crippen LogP contribution in [0.3, 0.4) is 0 Å². The van der Waals surface area contributed by atoms with E-state index in [0.29, 0.717) is 36.4 Å². The summed E-state index contributed by atoms with van der Waals surface area (Å²) < 4.78 is 24.5. The van der Waals surface area contributed by atoms with E-state index in [1.807, 2.05) is 22.9 Å². The highest BCUT2D eigenvalue weighted by atomic mass is 32.1. The van der Waals surface area contributed by atoms with Crippen molar-refractivity contribution in [3.05, 3.63) is 23.1 Å². The van der Waals surface area contributed by atoms with Gasteiger partial charge < -0.3 is 29.0 Å². The number of thiazole rings is 1. The summed E-state index contributed by atoms with van der Waals surface area (Å²) in [7, 11) is 3.24. The molecule has 0 spiro atoms. The maximum absolute atomic E-state index is 10.9. The molecule has 9 heteroatoms. The molecule has 1 aliphatic rings. The summed E-state index contributed by atoms with van der Waals surface area (Å²) in [5.74, 6) is 1.34. The van der Waals surface area contributed by atoms with Crippen molar-refractivity contribution in [2.45, 2.75) is 52.2 Å². The number of phenolic OH excluding ortho intramolecular Hbond substituents is 1. The number of methoxy groups -OCH3 is 2. The third-order valence-electron chi connectivity index (χ3n) is 6.18. The highest BCUT2D eigenvalue weighted by Gasteiger charge is 2.30. The molecule has 1 aromatic carbocycles. The van der Waals surface area contributed by atoms with Crippen LogP contribution in [0, 0.1) is 0 Å². The van der Waals surface area contributed by atoms with E-state index in [-0.39, 0.29) is 5.75 Å². The zero-order valence-electron chi connectivity index (χ0n) is 20.5. The molecule has 34 heavy (non-hydrogen) atoms. The number of unbranched alkanes of at least 4 members (excludes halogenated alkanes) is 1. The van der Waals surface area contributed by atoms with Gasteiger partial charge in [0.2, 0.25) is 0 Å². The molecule has 0 unspecified atom stereocenters. The van der Waals surface area contributed by atoms with Gasteiger partial charge in [-0.15, -0.1) is 16.4 Å². The zero-order valence-corrected chi connectivity index (χ0v) is 21.3. The number of aromatic nitrogens is 2. The average Bonchev–Trinajstić information content (AvgIpc) is 3.40. The topological polar surface area (TPSA) is 77.7 Å². The lowest BCUT2D eigenvalue weighted by Crippen LogP contribution is -2.40. The Balaban J connectivity index is 1.85. The maximum Gasteiger partial charge on any atom is 0.258 e. The lowest BCUT2D eigenvalue weighted by Gasteiger charge is -2.35. The van der Waals surface area contributed by atoms with E-state index in [2.05, 4.69) is 11.8 Å². The van der Waals surface area contributed by atoms with Gasteiger partial charge in [-0.1, -0.05) is 13.3 Å². The first-order chi connectivity index (χ1) is 16.6. The highest BCUT2D eigenvalue weighted by molar-refractivity contribution is 7.16. The monoisotopic (exact) mass is 489 g/mol. The fourth-order valence-corrected chi connectivity index (χ4v) is 5.57. The third kappa shape index (κ3) is 4.82. The SMILES string of the molecule is CCCCN(c1c(OCC)nn2c(-c3c(O)cc(COC)cc3OC)csc12)C1CCOCC1. The number of benzene rings is 1. The van der Waals surface area contributed by atoms with Gasteiger partial charge in [-0.2, -0.15) is 0 Å². The summed E-state index contributed by atoms with van der Waals surface area (Å²) in [6, 6.07) is 3.99. The van der Waals surface area contributed by atoms with Crippen molar-refractivity contribution >= 4 is 21.9 Å². The molecule has 8 nitrogen and oxygen atoms in total. The molecule has 0 radical (unpaired) electrons. The van der Waals surface area contributed by atoms with Crippen molar-refractivity contribution in [3.8, 4) is 28.6 Å². The molecule has 0 saturated carbocycles. The van der Waals surface area contributed by atoms with E-state index in [1.165, 1.54) is 0 Å². The van der Waals surface area contributed by atoms with Gasteiger partial charge in [-0.25, -0.2) is 4.52 Å². The Morgan fingerprint density at radius 1 is 1.24 bits per heavy atom. The van der Waals surface area contributed by atoms with E-state index in [0.717, 1.165) is 67.2 Å². The highest BCUT2D eigenvalue weighted by Crippen LogP contribution is 2.45. The zero-order chi connectivity index (χ0) is 24.1. The van der Waals surface area contributed by atoms with Gasteiger partial charge in [0.25, 0.3) is 5.88 Å². The average molecular weight is 490 g/mol. The molecule has 3 aromatic rings. The molecule has 3 heterocycles. The largest absolute Gasteiger partial charge is 0.507 e. The van der Waals surface area contributed by atoms with Crippen molar-refractivity contribution in [3.63, 3.8) is 0 Å². The van der Waals surface area contributed by atoms with E-state index in [9.17, 15) is 5.11 Å².